The number of carboxylic acid groups (broad SMARTS) is 1. The summed E-state index contributed by atoms with van der Waals surface area (Å²) in [6, 6.07) is 13.9. The van der Waals surface area contributed by atoms with E-state index in [1.165, 1.54) is 11.3 Å². The molecule has 0 amide bonds. The van der Waals surface area contributed by atoms with Gasteiger partial charge in [0.05, 0.1) is 7.11 Å². The van der Waals surface area contributed by atoms with Gasteiger partial charge in [-0.3, -0.25) is 4.79 Å². The van der Waals surface area contributed by atoms with E-state index in [0.717, 1.165) is 35.2 Å². The van der Waals surface area contributed by atoms with Crippen molar-refractivity contribution in [3.8, 4) is 5.75 Å². The number of methoxy groups -OCH3 is 1. The van der Waals surface area contributed by atoms with Gasteiger partial charge < -0.3 is 14.4 Å². The number of hydrogen-bond donors (Lipinski definition) is 1. The summed E-state index contributed by atoms with van der Waals surface area (Å²) in [5.41, 5.74) is 4.63. The number of nitrogens with zero attached hydrogens (tertiary/aromatic N) is 1. The van der Waals surface area contributed by atoms with Gasteiger partial charge in [-0.05, 0) is 61.2 Å². The molecule has 0 fully saturated rings. The van der Waals surface area contributed by atoms with Crippen LogP contribution in [0, 0.1) is 6.92 Å². The molecule has 3 rings (SSSR count). The van der Waals surface area contributed by atoms with Crippen molar-refractivity contribution in [2.24, 2.45) is 0 Å². The van der Waals surface area contributed by atoms with Crippen molar-refractivity contribution in [3.63, 3.8) is 0 Å². The van der Waals surface area contributed by atoms with Gasteiger partial charge >= 0.3 is 5.97 Å². The lowest BCUT2D eigenvalue weighted by Crippen LogP contribution is -2.06. The maximum absolute atomic E-state index is 10.9. The van der Waals surface area contributed by atoms with E-state index >= 15 is 0 Å². The summed E-state index contributed by atoms with van der Waals surface area (Å²) in [7, 11) is 1.66. The number of carboxylic acids is 1. The van der Waals surface area contributed by atoms with Gasteiger partial charge in [-0.2, -0.15) is 0 Å². The zero-order valence-electron chi connectivity index (χ0n) is 15.0. The minimum Gasteiger partial charge on any atom is -0.497 e. The predicted octanol–water partition coefficient (Wildman–Crippen LogP) is 5.07. The smallest absolute Gasteiger partial charge is 0.303 e. The van der Waals surface area contributed by atoms with Crippen LogP contribution in [0.3, 0.4) is 0 Å². The highest BCUT2D eigenvalue weighted by molar-refractivity contribution is 6.30. The molecule has 1 heterocycles. The lowest BCUT2D eigenvalue weighted by atomic mass is 10.1. The Balaban J connectivity index is 2.04. The lowest BCUT2D eigenvalue weighted by Gasteiger charge is -2.12. The second kappa shape index (κ2) is 7.83. The van der Waals surface area contributed by atoms with Crippen molar-refractivity contribution in [1.82, 2.24) is 4.57 Å². The second-order valence-corrected chi connectivity index (χ2v) is 6.85. The van der Waals surface area contributed by atoms with Crippen LogP contribution in [-0.4, -0.2) is 22.8 Å². The molecule has 3 aromatic rings. The van der Waals surface area contributed by atoms with Gasteiger partial charge in [-0.25, -0.2) is 0 Å². The molecule has 5 heteroatoms. The van der Waals surface area contributed by atoms with Gasteiger partial charge in [0.25, 0.3) is 0 Å². The summed E-state index contributed by atoms with van der Waals surface area (Å²) in [4.78, 5) is 10.9. The van der Waals surface area contributed by atoms with Crippen LogP contribution in [0.15, 0.2) is 42.5 Å². The third-order valence-electron chi connectivity index (χ3n) is 4.72. The largest absolute Gasteiger partial charge is 0.497 e. The van der Waals surface area contributed by atoms with Crippen LogP contribution in [0.2, 0.25) is 5.02 Å². The average molecular weight is 372 g/mol. The number of rotatable bonds is 7. The van der Waals surface area contributed by atoms with Crippen LogP contribution in [0.4, 0.5) is 0 Å². The molecule has 1 N–H and O–H groups in total. The van der Waals surface area contributed by atoms with Gasteiger partial charge in [-0.1, -0.05) is 23.7 Å². The molecule has 2 aromatic carbocycles. The maximum Gasteiger partial charge on any atom is 0.303 e. The summed E-state index contributed by atoms with van der Waals surface area (Å²) in [5.74, 6) is 0.0611. The molecule has 4 nitrogen and oxygen atoms in total. The fourth-order valence-corrected chi connectivity index (χ4v) is 3.49. The van der Waals surface area contributed by atoms with Crippen molar-refractivity contribution < 1.29 is 14.6 Å². The molecule has 0 aliphatic carbocycles. The van der Waals surface area contributed by atoms with Crippen molar-refractivity contribution in [2.45, 2.75) is 32.7 Å². The zero-order valence-corrected chi connectivity index (χ0v) is 15.7. The van der Waals surface area contributed by atoms with Crippen LogP contribution in [0.25, 0.3) is 10.9 Å². The van der Waals surface area contributed by atoms with E-state index in [-0.39, 0.29) is 6.42 Å². The number of aromatic nitrogens is 1. The van der Waals surface area contributed by atoms with Gasteiger partial charge in [-0.15, -0.1) is 0 Å². The Morgan fingerprint density at radius 3 is 2.58 bits per heavy atom. The van der Waals surface area contributed by atoms with Crippen molar-refractivity contribution in [3.05, 3.63) is 64.3 Å². The van der Waals surface area contributed by atoms with E-state index in [1.54, 1.807) is 7.11 Å². The molecule has 0 saturated carbocycles. The molecule has 0 atom stereocenters. The Bertz CT molecular complexity index is 929. The number of carbonyl (C=O) groups is 1. The number of fused-ring (bicyclic) bond motifs is 1. The Morgan fingerprint density at radius 1 is 1.19 bits per heavy atom. The molecular weight excluding hydrogens is 350 g/mol. The van der Waals surface area contributed by atoms with Crippen LogP contribution in [-0.2, 0) is 17.8 Å². The average Bonchev–Trinajstić information content (AvgIpc) is 2.88. The normalized spacial score (nSPS) is 11.0. The molecule has 0 unspecified atom stereocenters. The van der Waals surface area contributed by atoms with Crippen LogP contribution in [0.5, 0.6) is 5.75 Å². The SMILES string of the molecule is COc1ccc2c(c1)c(C)c(CCCC(=O)O)n2Cc1ccc(Cl)cc1. The fourth-order valence-electron chi connectivity index (χ4n) is 3.36. The van der Waals surface area contributed by atoms with E-state index in [2.05, 4.69) is 17.6 Å². The summed E-state index contributed by atoms with van der Waals surface area (Å²) >= 11 is 6.00. The first-order chi connectivity index (χ1) is 12.5. The van der Waals surface area contributed by atoms with E-state index in [0.29, 0.717) is 11.4 Å². The maximum atomic E-state index is 10.9. The summed E-state index contributed by atoms with van der Waals surface area (Å²) in [6.07, 6.45) is 1.51. The molecule has 0 bridgehead atoms. The number of aliphatic carboxylic acids is 1. The molecule has 1 aromatic heterocycles. The van der Waals surface area contributed by atoms with Crippen LogP contribution in [0.1, 0.15) is 29.7 Å². The minimum atomic E-state index is -0.760. The fraction of sp³-hybridized carbons (Fsp3) is 0.286. The molecular formula is C21H22ClNO3. The van der Waals surface area contributed by atoms with Gasteiger partial charge in [0.15, 0.2) is 0 Å². The van der Waals surface area contributed by atoms with Crippen LogP contribution >= 0.6 is 11.6 Å². The van der Waals surface area contributed by atoms with Crippen molar-refractivity contribution >= 4 is 28.5 Å². The zero-order chi connectivity index (χ0) is 18.7. The Morgan fingerprint density at radius 2 is 1.92 bits per heavy atom. The van der Waals surface area contributed by atoms with E-state index in [4.69, 9.17) is 21.4 Å². The summed E-state index contributed by atoms with van der Waals surface area (Å²) < 4.78 is 7.64. The molecule has 0 spiro atoms. The predicted molar refractivity (Wildman–Crippen MR) is 104 cm³/mol. The number of halogens is 1. The topological polar surface area (TPSA) is 51.5 Å². The Kier molecular flexibility index (Phi) is 5.52. The van der Waals surface area contributed by atoms with Gasteiger partial charge in [0.1, 0.15) is 5.75 Å². The molecule has 0 aliphatic heterocycles. The second-order valence-electron chi connectivity index (χ2n) is 6.41. The highest BCUT2D eigenvalue weighted by Gasteiger charge is 2.15. The van der Waals surface area contributed by atoms with E-state index in [1.807, 2.05) is 36.4 Å². The van der Waals surface area contributed by atoms with Crippen molar-refractivity contribution in [1.29, 1.82) is 0 Å². The van der Waals surface area contributed by atoms with Crippen LogP contribution < -0.4 is 4.74 Å². The number of hydrogen-bond acceptors (Lipinski definition) is 2. The first kappa shape index (κ1) is 18.3. The first-order valence-corrected chi connectivity index (χ1v) is 8.99. The number of benzene rings is 2. The molecule has 136 valence electrons. The van der Waals surface area contributed by atoms with Gasteiger partial charge in [0.2, 0.25) is 0 Å². The number of ether oxygens (including phenoxy) is 1. The monoisotopic (exact) mass is 371 g/mol. The minimum absolute atomic E-state index is 0.172. The molecule has 26 heavy (non-hydrogen) atoms. The number of aryl methyl sites for hydroxylation is 1. The van der Waals surface area contributed by atoms with E-state index < -0.39 is 5.97 Å². The standard InChI is InChI=1S/C21H22ClNO3/c1-14-18-12-17(26-2)10-11-20(18)23(19(14)4-3-5-21(24)25)13-15-6-8-16(22)9-7-15/h6-12H,3-5,13H2,1-2H3,(H,24,25). The highest BCUT2D eigenvalue weighted by atomic mass is 35.5. The Labute approximate surface area is 158 Å². The lowest BCUT2D eigenvalue weighted by molar-refractivity contribution is -0.137. The van der Waals surface area contributed by atoms with Crippen molar-refractivity contribution in [2.75, 3.05) is 7.11 Å². The quantitative estimate of drug-likeness (QED) is 0.631. The van der Waals surface area contributed by atoms with Gasteiger partial charge in [0, 0.05) is 34.6 Å². The third kappa shape index (κ3) is 3.86. The molecule has 0 radical (unpaired) electrons. The Hall–Kier alpha value is -2.46. The summed E-state index contributed by atoms with van der Waals surface area (Å²) in [5, 5.41) is 10.8. The molecule has 0 aliphatic rings. The van der Waals surface area contributed by atoms with E-state index in [9.17, 15) is 4.79 Å². The third-order valence-corrected chi connectivity index (χ3v) is 4.97. The summed E-state index contributed by atoms with van der Waals surface area (Å²) in [6.45, 7) is 2.81. The highest BCUT2D eigenvalue weighted by Crippen LogP contribution is 2.31. The molecule has 0 saturated heterocycles. The first-order valence-electron chi connectivity index (χ1n) is 8.61.